The van der Waals surface area contributed by atoms with Gasteiger partial charge in [-0.15, -0.1) is 0 Å². The summed E-state index contributed by atoms with van der Waals surface area (Å²) in [5.74, 6) is 0.136. The van der Waals surface area contributed by atoms with Gasteiger partial charge in [0.2, 0.25) is 0 Å². The van der Waals surface area contributed by atoms with Crippen LogP contribution in [0.2, 0.25) is 5.02 Å². The van der Waals surface area contributed by atoms with Gasteiger partial charge >= 0.3 is 0 Å². The van der Waals surface area contributed by atoms with Crippen LogP contribution in [0.3, 0.4) is 0 Å². The van der Waals surface area contributed by atoms with Crippen LogP contribution in [-0.2, 0) is 0 Å². The fraction of sp³-hybridized carbons (Fsp3) is 0.417. The molecule has 86 valence electrons. The zero-order valence-electron chi connectivity index (χ0n) is 8.82. The fourth-order valence-corrected chi connectivity index (χ4v) is 1.81. The quantitative estimate of drug-likeness (QED) is 0.843. The molecule has 0 saturated heterocycles. The van der Waals surface area contributed by atoms with Gasteiger partial charge in [0.15, 0.2) is 0 Å². The fourth-order valence-electron chi connectivity index (χ4n) is 1.59. The van der Waals surface area contributed by atoms with Crippen molar-refractivity contribution >= 4 is 17.5 Å². The molecule has 1 aromatic rings. The van der Waals surface area contributed by atoms with E-state index in [1.165, 1.54) is 0 Å². The van der Waals surface area contributed by atoms with Crippen LogP contribution in [0.1, 0.15) is 23.2 Å². The third-order valence-electron chi connectivity index (χ3n) is 2.76. The Morgan fingerprint density at radius 1 is 1.50 bits per heavy atom. The van der Waals surface area contributed by atoms with Crippen LogP contribution < -0.4 is 5.32 Å². The Kier molecular flexibility index (Phi) is 3.46. The molecular weight excluding hydrogens is 226 g/mol. The predicted molar refractivity (Wildman–Crippen MR) is 62.5 cm³/mol. The van der Waals surface area contributed by atoms with E-state index in [2.05, 4.69) is 5.32 Å². The third-order valence-corrected chi connectivity index (χ3v) is 3.09. The Labute approximate surface area is 99.4 Å². The van der Waals surface area contributed by atoms with Gasteiger partial charge < -0.3 is 10.4 Å². The Morgan fingerprint density at radius 2 is 2.19 bits per heavy atom. The van der Waals surface area contributed by atoms with Crippen molar-refractivity contribution in [1.82, 2.24) is 5.32 Å². The molecule has 1 saturated carbocycles. The first-order valence-corrected chi connectivity index (χ1v) is 5.77. The normalized spacial score (nSPS) is 16.9. The van der Waals surface area contributed by atoms with Gasteiger partial charge in [-0.25, -0.2) is 0 Å². The number of halogens is 1. The van der Waals surface area contributed by atoms with E-state index in [0.29, 0.717) is 23.0 Å². The molecule has 0 heterocycles. The summed E-state index contributed by atoms with van der Waals surface area (Å²) >= 11 is 5.89. The van der Waals surface area contributed by atoms with Gasteiger partial charge in [-0.1, -0.05) is 23.7 Å². The van der Waals surface area contributed by atoms with E-state index in [4.69, 9.17) is 11.6 Å². The topological polar surface area (TPSA) is 49.3 Å². The zero-order valence-corrected chi connectivity index (χ0v) is 9.57. The molecule has 16 heavy (non-hydrogen) atoms. The lowest BCUT2D eigenvalue weighted by molar-refractivity contribution is 0.0901. The standard InChI is InChI=1S/C12H14ClNO2/c13-10-4-2-1-3-9(10)12(16)14-7-11(15)8-5-6-8/h1-4,8,11,15H,5-7H2,(H,14,16). The second kappa shape index (κ2) is 4.85. The average Bonchev–Trinajstić information content (AvgIpc) is 3.10. The molecule has 1 fully saturated rings. The highest BCUT2D eigenvalue weighted by molar-refractivity contribution is 6.33. The van der Waals surface area contributed by atoms with E-state index in [9.17, 15) is 9.90 Å². The molecule has 2 rings (SSSR count). The van der Waals surface area contributed by atoms with Crippen molar-refractivity contribution in [2.75, 3.05) is 6.54 Å². The summed E-state index contributed by atoms with van der Waals surface area (Å²) in [7, 11) is 0. The van der Waals surface area contributed by atoms with Gasteiger partial charge in [0.05, 0.1) is 16.7 Å². The maximum atomic E-state index is 11.7. The van der Waals surface area contributed by atoms with Crippen molar-refractivity contribution in [2.45, 2.75) is 18.9 Å². The van der Waals surface area contributed by atoms with Crippen LogP contribution >= 0.6 is 11.6 Å². The Balaban J connectivity index is 1.90. The number of nitrogens with one attached hydrogen (secondary N) is 1. The molecule has 0 spiro atoms. The summed E-state index contributed by atoms with van der Waals surface area (Å²) in [5.41, 5.74) is 0.451. The van der Waals surface area contributed by atoms with Crippen molar-refractivity contribution in [3.63, 3.8) is 0 Å². The van der Waals surface area contributed by atoms with Crippen LogP contribution in [0.25, 0.3) is 0 Å². The summed E-state index contributed by atoms with van der Waals surface area (Å²) in [6, 6.07) is 6.88. The minimum Gasteiger partial charge on any atom is -0.391 e. The van der Waals surface area contributed by atoms with Crippen molar-refractivity contribution in [3.8, 4) is 0 Å². The van der Waals surface area contributed by atoms with Crippen LogP contribution in [0.5, 0.6) is 0 Å². The summed E-state index contributed by atoms with van der Waals surface area (Å²) in [4.78, 5) is 11.7. The number of carbonyl (C=O) groups is 1. The predicted octanol–water partition coefficient (Wildman–Crippen LogP) is 1.84. The van der Waals surface area contributed by atoms with E-state index in [1.54, 1.807) is 24.3 Å². The molecule has 0 radical (unpaired) electrons. The second-order valence-electron chi connectivity index (χ2n) is 4.09. The van der Waals surface area contributed by atoms with Gasteiger partial charge in [0.1, 0.15) is 0 Å². The van der Waals surface area contributed by atoms with Gasteiger partial charge in [0, 0.05) is 6.54 Å². The molecule has 4 heteroatoms. The van der Waals surface area contributed by atoms with Crippen molar-refractivity contribution < 1.29 is 9.90 Å². The van der Waals surface area contributed by atoms with Crippen molar-refractivity contribution in [3.05, 3.63) is 34.9 Å². The molecule has 2 N–H and O–H groups in total. The number of hydrogen-bond donors (Lipinski definition) is 2. The largest absolute Gasteiger partial charge is 0.391 e. The average molecular weight is 240 g/mol. The molecule has 1 aliphatic rings. The van der Waals surface area contributed by atoms with E-state index >= 15 is 0 Å². The number of carbonyl (C=O) groups excluding carboxylic acids is 1. The molecule has 1 aliphatic carbocycles. The minimum absolute atomic E-state index is 0.231. The van der Waals surface area contributed by atoms with Crippen molar-refractivity contribution in [1.29, 1.82) is 0 Å². The summed E-state index contributed by atoms with van der Waals surface area (Å²) < 4.78 is 0. The minimum atomic E-state index is -0.425. The molecule has 0 aliphatic heterocycles. The first kappa shape index (κ1) is 11.4. The second-order valence-corrected chi connectivity index (χ2v) is 4.50. The Morgan fingerprint density at radius 3 is 2.81 bits per heavy atom. The first-order chi connectivity index (χ1) is 7.68. The van der Waals surface area contributed by atoms with Gasteiger partial charge in [-0.2, -0.15) is 0 Å². The molecule has 1 aromatic carbocycles. The van der Waals surface area contributed by atoms with Crippen LogP contribution in [0, 0.1) is 5.92 Å². The van der Waals surface area contributed by atoms with Gasteiger partial charge in [-0.05, 0) is 30.9 Å². The molecule has 3 nitrogen and oxygen atoms in total. The SMILES string of the molecule is O=C(NCC(O)C1CC1)c1ccccc1Cl. The van der Waals surface area contributed by atoms with Crippen LogP contribution in [-0.4, -0.2) is 23.7 Å². The van der Waals surface area contributed by atoms with E-state index in [1.807, 2.05) is 0 Å². The van der Waals surface area contributed by atoms with E-state index in [-0.39, 0.29) is 5.91 Å². The van der Waals surface area contributed by atoms with Crippen molar-refractivity contribution in [2.24, 2.45) is 5.92 Å². The van der Waals surface area contributed by atoms with Crippen LogP contribution in [0.4, 0.5) is 0 Å². The van der Waals surface area contributed by atoms with E-state index < -0.39 is 6.10 Å². The lowest BCUT2D eigenvalue weighted by atomic mass is 10.2. The van der Waals surface area contributed by atoms with E-state index in [0.717, 1.165) is 12.8 Å². The number of amides is 1. The molecule has 1 amide bonds. The molecule has 1 unspecified atom stereocenters. The highest BCUT2D eigenvalue weighted by atomic mass is 35.5. The maximum absolute atomic E-state index is 11.7. The summed E-state index contributed by atoms with van der Waals surface area (Å²) in [5, 5.41) is 12.7. The lowest BCUT2D eigenvalue weighted by Crippen LogP contribution is -2.33. The Bertz CT molecular complexity index is 390. The highest BCUT2D eigenvalue weighted by Crippen LogP contribution is 2.32. The number of aliphatic hydroxyl groups is 1. The Hall–Kier alpha value is -1.06. The van der Waals surface area contributed by atoms with Gasteiger partial charge in [0.25, 0.3) is 5.91 Å². The lowest BCUT2D eigenvalue weighted by Gasteiger charge is -2.11. The number of rotatable bonds is 4. The number of benzene rings is 1. The summed E-state index contributed by atoms with van der Waals surface area (Å²) in [6.45, 7) is 0.300. The maximum Gasteiger partial charge on any atom is 0.252 e. The smallest absolute Gasteiger partial charge is 0.252 e. The highest BCUT2D eigenvalue weighted by Gasteiger charge is 2.29. The first-order valence-electron chi connectivity index (χ1n) is 5.39. The van der Waals surface area contributed by atoms with Crippen LogP contribution in [0.15, 0.2) is 24.3 Å². The van der Waals surface area contributed by atoms with Gasteiger partial charge in [-0.3, -0.25) is 4.79 Å². The molecule has 0 bridgehead atoms. The molecular formula is C12H14ClNO2. The molecule has 1 atom stereocenters. The molecule has 0 aromatic heterocycles. The third kappa shape index (κ3) is 2.74. The number of aliphatic hydroxyl groups excluding tert-OH is 1. The zero-order chi connectivity index (χ0) is 11.5. The monoisotopic (exact) mass is 239 g/mol. The summed E-state index contributed by atoms with van der Waals surface area (Å²) in [6.07, 6.45) is 1.69. The number of hydrogen-bond acceptors (Lipinski definition) is 2.